The number of aliphatic hydroxyl groups is 1. The largest absolute Gasteiger partial charge is 0.389 e. The summed E-state index contributed by atoms with van der Waals surface area (Å²) in [5.41, 5.74) is 0.548. The number of hydrogen-bond donors (Lipinski definition) is 2. The lowest BCUT2D eigenvalue weighted by Crippen LogP contribution is -2.26. The molecule has 0 aromatic heterocycles. The van der Waals surface area contributed by atoms with Crippen LogP contribution in [0, 0.1) is 17.1 Å². The van der Waals surface area contributed by atoms with Crippen LogP contribution in [0.4, 0.5) is 10.1 Å². The summed E-state index contributed by atoms with van der Waals surface area (Å²) < 4.78 is 23.7. The van der Waals surface area contributed by atoms with Crippen LogP contribution in [0.1, 0.15) is 19.4 Å². The van der Waals surface area contributed by atoms with Gasteiger partial charge in [0.1, 0.15) is 11.9 Å². The summed E-state index contributed by atoms with van der Waals surface area (Å²) in [6.45, 7) is 5.22. The predicted molar refractivity (Wildman–Crippen MR) is 77.5 cm³/mol. The van der Waals surface area contributed by atoms with Gasteiger partial charge in [-0.3, -0.25) is 0 Å². The third kappa shape index (κ3) is 7.04. The normalized spacial score (nSPS) is 12.2. The Bertz CT molecular complexity index is 474. The molecule has 0 radical (unpaired) electrons. The van der Waals surface area contributed by atoms with E-state index in [1.807, 2.05) is 13.8 Å². The number of benzene rings is 1. The molecule has 0 saturated carbocycles. The summed E-state index contributed by atoms with van der Waals surface area (Å²) in [7, 11) is 0. The van der Waals surface area contributed by atoms with E-state index in [1.165, 1.54) is 18.2 Å². The Labute approximate surface area is 124 Å². The minimum absolute atomic E-state index is 0.0310. The first kappa shape index (κ1) is 17.4. The molecule has 1 aromatic rings. The van der Waals surface area contributed by atoms with Gasteiger partial charge in [0.25, 0.3) is 0 Å². The minimum Gasteiger partial charge on any atom is -0.389 e. The predicted octanol–water partition coefficient (Wildman–Crippen LogP) is 1.91. The van der Waals surface area contributed by atoms with Crippen LogP contribution >= 0.6 is 0 Å². The molecule has 1 aromatic carbocycles. The molecule has 1 unspecified atom stereocenters. The van der Waals surface area contributed by atoms with Crippen LogP contribution < -0.4 is 5.32 Å². The van der Waals surface area contributed by atoms with Crippen LogP contribution in [-0.4, -0.2) is 43.7 Å². The number of nitriles is 1. The van der Waals surface area contributed by atoms with Crippen molar-refractivity contribution in [1.29, 1.82) is 5.26 Å². The standard InChI is InChI=1S/C15H21FN2O3/c1-11(2)21-6-5-20-10-14(19)9-18-13-3-4-15(16)12(7-13)8-17/h3-4,7,11,14,18-19H,5-6,9-10H2,1-2H3. The number of nitrogens with one attached hydrogen (secondary N) is 1. The lowest BCUT2D eigenvalue weighted by Gasteiger charge is -2.14. The molecule has 0 amide bonds. The van der Waals surface area contributed by atoms with Crippen molar-refractivity contribution in [2.45, 2.75) is 26.1 Å². The molecule has 0 fully saturated rings. The van der Waals surface area contributed by atoms with E-state index < -0.39 is 11.9 Å². The number of halogens is 1. The van der Waals surface area contributed by atoms with Crippen molar-refractivity contribution >= 4 is 5.69 Å². The number of ether oxygens (including phenoxy) is 2. The first-order valence-corrected chi connectivity index (χ1v) is 6.84. The summed E-state index contributed by atoms with van der Waals surface area (Å²) in [4.78, 5) is 0. The van der Waals surface area contributed by atoms with Gasteiger partial charge < -0.3 is 19.9 Å². The minimum atomic E-state index is -0.695. The second-order valence-corrected chi connectivity index (χ2v) is 4.84. The Hall–Kier alpha value is -1.68. The Morgan fingerprint density at radius 2 is 2.14 bits per heavy atom. The number of aliphatic hydroxyl groups excluding tert-OH is 1. The molecule has 6 heteroatoms. The first-order valence-electron chi connectivity index (χ1n) is 6.84. The topological polar surface area (TPSA) is 74.5 Å². The highest BCUT2D eigenvalue weighted by atomic mass is 19.1. The molecule has 0 spiro atoms. The Morgan fingerprint density at radius 1 is 1.38 bits per heavy atom. The third-order valence-corrected chi connectivity index (χ3v) is 2.62. The molecule has 1 rings (SSSR count). The van der Waals surface area contributed by atoms with E-state index in [0.717, 1.165) is 0 Å². The van der Waals surface area contributed by atoms with Gasteiger partial charge >= 0.3 is 0 Å². The Morgan fingerprint density at radius 3 is 2.81 bits per heavy atom. The van der Waals surface area contributed by atoms with Crippen molar-refractivity contribution in [2.24, 2.45) is 0 Å². The second kappa shape index (κ2) is 9.29. The number of rotatable bonds is 9. The molecule has 0 aliphatic carbocycles. The van der Waals surface area contributed by atoms with E-state index in [0.29, 0.717) is 18.9 Å². The highest BCUT2D eigenvalue weighted by Crippen LogP contribution is 2.13. The van der Waals surface area contributed by atoms with E-state index in [9.17, 15) is 9.50 Å². The van der Waals surface area contributed by atoms with Crippen LogP contribution in [0.5, 0.6) is 0 Å². The van der Waals surface area contributed by atoms with Gasteiger partial charge in [-0.1, -0.05) is 0 Å². The lowest BCUT2D eigenvalue weighted by atomic mass is 10.2. The van der Waals surface area contributed by atoms with Gasteiger partial charge in [-0.15, -0.1) is 0 Å². The summed E-state index contributed by atoms with van der Waals surface area (Å²) in [6, 6.07) is 5.90. The highest BCUT2D eigenvalue weighted by Gasteiger charge is 2.06. The SMILES string of the molecule is CC(C)OCCOCC(O)CNc1ccc(F)c(C#N)c1. The number of anilines is 1. The van der Waals surface area contributed by atoms with Gasteiger partial charge in [-0.05, 0) is 32.0 Å². The fraction of sp³-hybridized carbons (Fsp3) is 0.533. The zero-order chi connectivity index (χ0) is 15.7. The molecular weight excluding hydrogens is 275 g/mol. The average molecular weight is 296 g/mol. The Balaban J connectivity index is 2.24. The smallest absolute Gasteiger partial charge is 0.141 e. The van der Waals surface area contributed by atoms with Crippen LogP contribution in [0.15, 0.2) is 18.2 Å². The third-order valence-electron chi connectivity index (χ3n) is 2.62. The molecule has 0 heterocycles. The number of hydrogen-bond acceptors (Lipinski definition) is 5. The van der Waals surface area contributed by atoms with Gasteiger partial charge in [-0.25, -0.2) is 4.39 Å². The van der Waals surface area contributed by atoms with Gasteiger partial charge in [0.05, 0.1) is 37.6 Å². The van der Waals surface area contributed by atoms with Gasteiger partial charge in [0.15, 0.2) is 0 Å². The summed E-state index contributed by atoms with van der Waals surface area (Å²) >= 11 is 0. The zero-order valence-electron chi connectivity index (χ0n) is 12.3. The molecule has 0 aliphatic rings. The molecule has 0 bridgehead atoms. The molecule has 2 N–H and O–H groups in total. The second-order valence-electron chi connectivity index (χ2n) is 4.84. The fourth-order valence-corrected chi connectivity index (χ4v) is 1.58. The molecule has 116 valence electrons. The van der Waals surface area contributed by atoms with Crippen LogP contribution in [0.3, 0.4) is 0 Å². The molecule has 5 nitrogen and oxygen atoms in total. The molecule has 1 atom stereocenters. The summed E-state index contributed by atoms with van der Waals surface area (Å²) in [5.74, 6) is -0.558. The van der Waals surface area contributed by atoms with Crippen molar-refractivity contribution in [3.63, 3.8) is 0 Å². The average Bonchev–Trinajstić information content (AvgIpc) is 2.45. The maximum absolute atomic E-state index is 13.1. The van der Waals surface area contributed by atoms with Crippen molar-refractivity contribution in [3.8, 4) is 6.07 Å². The van der Waals surface area contributed by atoms with Crippen molar-refractivity contribution < 1.29 is 19.0 Å². The van der Waals surface area contributed by atoms with E-state index in [1.54, 1.807) is 6.07 Å². The van der Waals surface area contributed by atoms with Crippen LogP contribution in [0.25, 0.3) is 0 Å². The van der Waals surface area contributed by atoms with E-state index in [-0.39, 0.29) is 24.8 Å². The van der Waals surface area contributed by atoms with E-state index in [4.69, 9.17) is 14.7 Å². The van der Waals surface area contributed by atoms with Crippen molar-refractivity contribution in [1.82, 2.24) is 0 Å². The number of nitrogens with zero attached hydrogens (tertiary/aromatic N) is 1. The van der Waals surface area contributed by atoms with Gasteiger partial charge in [0, 0.05) is 12.2 Å². The molecule has 0 aliphatic heterocycles. The summed E-state index contributed by atoms with van der Waals surface area (Å²) in [6.07, 6.45) is -0.535. The highest BCUT2D eigenvalue weighted by molar-refractivity contribution is 5.49. The fourth-order valence-electron chi connectivity index (χ4n) is 1.58. The quantitative estimate of drug-likeness (QED) is 0.681. The Kier molecular flexibility index (Phi) is 7.69. The summed E-state index contributed by atoms with van der Waals surface area (Å²) in [5, 5.41) is 21.4. The molecular formula is C15H21FN2O3. The van der Waals surface area contributed by atoms with E-state index in [2.05, 4.69) is 5.32 Å². The van der Waals surface area contributed by atoms with E-state index >= 15 is 0 Å². The van der Waals surface area contributed by atoms with Gasteiger partial charge in [-0.2, -0.15) is 5.26 Å². The first-order chi connectivity index (χ1) is 10.0. The molecule has 0 saturated heterocycles. The maximum Gasteiger partial charge on any atom is 0.141 e. The van der Waals surface area contributed by atoms with Gasteiger partial charge in [0.2, 0.25) is 0 Å². The lowest BCUT2D eigenvalue weighted by molar-refractivity contribution is -0.00734. The van der Waals surface area contributed by atoms with Crippen LogP contribution in [0.2, 0.25) is 0 Å². The molecule has 21 heavy (non-hydrogen) atoms. The van der Waals surface area contributed by atoms with Crippen molar-refractivity contribution in [2.75, 3.05) is 31.7 Å². The van der Waals surface area contributed by atoms with Crippen molar-refractivity contribution in [3.05, 3.63) is 29.6 Å². The van der Waals surface area contributed by atoms with Crippen LogP contribution in [-0.2, 0) is 9.47 Å². The zero-order valence-corrected chi connectivity index (χ0v) is 12.3. The maximum atomic E-state index is 13.1. The monoisotopic (exact) mass is 296 g/mol.